The minimum absolute atomic E-state index is 0.209. The van der Waals surface area contributed by atoms with E-state index in [0.717, 1.165) is 4.90 Å². The predicted molar refractivity (Wildman–Crippen MR) is 57.7 cm³/mol. The van der Waals surface area contributed by atoms with Crippen LogP contribution in [0.4, 0.5) is 0 Å². The summed E-state index contributed by atoms with van der Waals surface area (Å²) >= 11 is 5.78. The second-order valence-corrected chi connectivity index (χ2v) is 4.35. The maximum atomic E-state index is 12.0. The third-order valence-corrected chi connectivity index (χ3v) is 3.11. The van der Waals surface area contributed by atoms with E-state index in [-0.39, 0.29) is 12.2 Å². The quantitative estimate of drug-likeness (QED) is 0.621. The number of amides is 2. The van der Waals surface area contributed by atoms with Crippen molar-refractivity contribution in [2.24, 2.45) is 0 Å². The predicted octanol–water partition coefficient (Wildman–Crippen LogP) is 0.653. The molecule has 2 aliphatic rings. The second-order valence-electron chi connectivity index (χ2n) is 3.92. The summed E-state index contributed by atoms with van der Waals surface area (Å²) in [6, 6.07) is 4.55. The lowest BCUT2D eigenvalue weighted by Gasteiger charge is -2.09. The molecule has 0 radical (unpaired) electrons. The van der Waals surface area contributed by atoms with Gasteiger partial charge in [0, 0.05) is 5.02 Å². The van der Waals surface area contributed by atoms with Gasteiger partial charge in [-0.15, -0.1) is 0 Å². The molecule has 1 saturated heterocycles. The molecule has 2 atom stereocenters. The number of hydrogen-bond acceptors (Lipinski definition) is 4. The summed E-state index contributed by atoms with van der Waals surface area (Å²) in [5.41, 5.74) is 0.612. The number of halogens is 1. The Bertz CT molecular complexity index is 530. The van der Waals surface area contributed by atoms with Crippen molar-refractivity contribution in [3.05, 3.63) is 34.3 Å². The summed E-state index contributed by atoms with van der Waals surface area (Å²) in [6.45, 7) is -0.209. The highest BCUT2D eigenvalue weighted by Crippen LogP contribution is 2.34. The number of hydrogen-bond donors (Lipinski definition) is 1. The van der Waals surface area contributed by atoms with Crippen LogP contribution in [0.1, 0.15) is 20.7 Å². The highest BCUT2D eigenvalue weighted by Gasteiger charge is 2.52. The molecule has 3 rings (SSSR count). The van der Waals surface area contributed by atoms with Crippen LogP contribution in [0.5, 0.6) is 0 Å². The standard InChI is InChI=1S/C11H8ClNO4/c12-5-1-2-6-7(3-5)10(16)13(9(6)15)11-8(4-14)17-11/h1-3,8,11,14H,4H2. The van der Waals surface area contributed by atoms with Gasteiger partial charge in [-0.25, -0.2) is 4.90 Å². The Morgan fingerprint density at radius 1 is 1.29 bits per heavy atom. The smallest absolute Gasteiger partial charge is 0.263 e. The molecule has 17 heavy (non-hydrogen) atoms. The van der Waals surface area contributed by atoms with Gasteiger partial charge >= 0.3 is 0 Å². The number of carbonyl (C=O) groups excluding carboxylic acids is 2. The molecule has 2 heterocycles. The minimum atomic E-state index is -0.647. The Labute approximate surface area is 102 Å². The lowest BCUT2D eigenvalue weighted by molar-refractivity contribution is 0.0579. The molecule has 0 aromatic heterocycles. The van der Waals surface area contributed by atoms with E-state index in [9.17, 15) is 9.59 Å². The number of aliphatic hydroxyl groups excluding tert-OH is 1. The fourth-order valence-electron chi connectivity index (χ4n) is 1.96. The van der Waals surface area contributed by atoms with Gasteiger partial charge in [-0.05, 0) is 18.2 Å². The Hall–Kier alpha value is -1.43. The van der Waals surface area contributed by atoms with Gasteiger partial charge in [0.05, 0.1) is 17.7 Å². The third kappa shape index (κ3) is 1.47. The number of benzene rings is 1. The van der Waals surface area contributed by atoms with Crippen LogP contribution in [-0.2, 0) is 4.74 Å². The molecular weight excluding hydrogens is 246 g/mol. The molecule has 0 bridgehead atoms. The molecule has 1 aromatic carbocycles. The molecule has 6 heteroatoms. The Morgan fingerprint density at radius 3 is 2.65 bits per heavy atom. The van der Waals surface area contributed by atoms with E-state index in [2.05, 4.69) is 0 Å². The van der Waals surface area contributed by atoms with Crippen molar-refractivity contribution in [1.82, 2.24) is 4.90 Å². The van der Waals surface area contributed by atoms with Gasteiger partial charge in [-0.3, -0.25) is 9.59 Å². The molecule has 0 spiro atoms. The Morgan fingerprint density at radius 2 is 2.00 bits per heavy atom. The maximum Gasteiger partial charge on any atom is 0.263 e. The lowest BCUT2D eigenvalue weighted by atomic mass is 10.1. The molecule has 2 unspecified atom stereocenters. The lowest BCUT2D eigenvalue weighted by Crippen LogP contribution is -2.34. The van der Waals surface area contributed by atoms with Crippen LogP contribution in [-0.4, -0.2) is 40.8 Å². The van der Waals surface area contributed by atoms with Gasteiger partial charge in [0.15, 0.2) is 6.23 Å². The van der Waals surface area contributed by atoms with Crippen molar-refractivity contribution < 1.29 is 19.4 Å². The van der Waals surface area contributed by atoms with Crippen LogP contribution in [0.3, 0.4) is 0 Å². The number of ether oxygens (including phenoxy) is 1. The second kappa shape index (κ2) is 3.53. The van der Waals surface area contributed by atoms with E-state index in [0.29, 0.717) is 10.6 Å². The first-order valence-electron chi connectivity index (χ1n) is 5.07. The Kier molecular flexibility index (Phi) is 2.22. The van der Waals surface area contributed by atoms with Crippen molar-refractivity contribution in [2.75, 3.05) is 6.61 Å². The Balaban J connectivity index is 1.98. The van der Waals surface area contributed by atoms with Crippen LogP contribution in [0.25, 0.3) is 0 Å². The number of aliphatic hydroxyl groups is 1. The highest BCUT2D eigenvalue weighted by atomic mass is 35.5. The fraction of sp³-hybridized carbons (Fsp3) is 0.273. The molecule has 1 N–H and O–H groups in total. The number of imide groups is 1. The zero-order chi connectivity index (χ0) is 12.2. The van der Waals surface area contributed by atoms with Gasteiger partial charge < -0.3 is 9.84 Å². The summed E-state index contributed by atoms with van der Waals surface area (Å²) in [5.74, 6) is -0.823. The van der Waals surface area contributed by atoms with E-state index in [1.54, 1.807) is 6.07 Å². The van der Waals surface area contributed by atoms with Gasteiger partial charge in [-0.1, -0.05) is 11.6 Å². The number of carbonyl (C=O) groups is 2. The molecule has 5 nitrogen and oxygen atoms in total. The van der Waals surface area contributed by atoms with Crippen molar-refractivity contribution >= 4 is 23.4 Å². The van der Waals surface area contributed by atoms with Gasteiger partial charge in [0.25, 0.3) is 11.8 Å². The highest BCUT2D eigenvalue weighted by molar-refractivity contribution is 6.32. The first-order chi connectivity index (χ1) is 8.13. The van der Waals surface area contributed by atoms with E-state index in [1.165, 1.54) is 12.1 Å². The average Bonchev–Trinajstić information content (AvgIpc) is 3.03. The van der Waals surface area contributed by atoms with Gasteiger partial charge in [0.2, 0.25) is 0 Å². The zero-order valence-corrected chi connectivity index (χ0v) is 9.35. The number of fused-ring (bicyclic) bond motifs is 1. The van der Waals surface area contributed by atoms with Crippen molar-refractivity contribution in [2.45, 2.75) is 12.3 Å². The van der Waals surface area contributed by atoms with Crippen LogP contribution >= 0.6 is 11.6 Å². The zero-order valence-electron chi connectivity index (χ0n) is 8.59. The number of epoxide rings is 1. The van der Waals surface area contributed by atoms with Gasteiger partial charge in [-0.2, -0.15) is 0 Å². The normalized spacial score (nSPS) is 26.4. The summed E-state index contributed by atoms with van der Waals surface area (Å²) < 4.78 is 5.05. The summed E-state index contributed by atoms with van der Waals surface area (Å²) in [7, 11) is 0. The van der Waals surface area contributed by atoms with E-state index >= 15 is 0 Å². The number of rotatable bonds is 2. The molecule has 2 aliphatic heterocycles. The molecule has 1 aromatic rings. The summed E-state index contributed by atoms with van der Waals surface area (Å²) in [4.78, 5) is 25.0. The van der Waals surface area contributed by atoms with Crippen LogP contribution < -0.4 is 0 Å². The van der Waals surface area contributed by atoms with Crippen molar-refractivity contribution in [3.63, 3.8) is 0 Å². The molecule has 88 valence electrons. The van der Waals surface area contributed by atoms with E-state index in [1.807, 2.05) is 0 Å². The fourth-order valence-corrected chi connectivity index (χ4v) is 2.13. The number of nitrogens with zero attached hydrogens (tertiary/aromatic N) is 1. The van der Waals surface area contributed by atoms with Crippen LogP contribution in [0.2, 0.25) is 5.02 Å². The third-order valence-electron chi connectivity index (χ3n) is 2.87. The van der Waals surface area contributed by atoms with Crippen LogP contribution in [0.15, 0.2) is 18.2 Å². The maximum absolute atomic E-state index is 12.0. The summed E-state index contributed by atoms with van der Waals surface area (Å²) in [6.07, 6.45) is -1.11. The largest absolute Gasteiger partial charge is 0.393 e. The monoisotopic (exact) mass is 253 g/mol. The van der Waals surface area contributed by atoms with Crippen molar-refractivity contribution in [3.8, 4) is 0 Å². The topological polar surface area (TPSA) is 70.1 Å². The molecule has 1 fully saturated rings. The molecule has 2 amide bonds. The van der Waals surface area contributed by atoms with E-state index < -0.39 is 24.1 Å². The SMILES string of the molecule is O=C1c2ccc(Cl)cc2C(=O)N1C1OC1CO. The van der Waals surface area contributed by atoms with Crippen molar-refractivity contribution in [1.29, 1.82) is 0 Å². The first-order valence-corrected chi connectivity index (χ1v) is 5.45. The molecular formula is C11H8ClNO4. The average molecular weight is 254 g/mol. The first kappa shape index (κ1) is 10.7. The van der Waals surface area contributed by atoms with E-state index in [4.69, 9.17) is 21.4 Å². The molecule has 0 saturated carbocycles. The van der Waals surface area contributed by atoms with Gasteiger partial charge in [0.1, 0.15) is 6.10 Å². The minimum Gasteiger partial charge on any atom is -0.393 e. The summed E-state index contributed by atoms with van der Waals surface area (Å²) in [5, 5.41) is 9.28. The van der Waals surface area contributed by atoms with Crippen LogP contribution in [0, 0.1) is 0 Å². The molecule has 0 aliphatic carbocycles.